The van der Waals surface area contributed by atoms with E-state index in [1.54, 1.807) is 0 Å². The Morgan fingerprint density at radius 1 is 1.48 bits per heavy atom. The molecule has 2 aliphatic heterocycles. The average Bonchev–Trinajstić information content (AvgIpc) is 2.48. The van der Waals surface area contributed by atoms with Crippen LogP contribution < -0.4 is 5.32 Å². The molecule has 9 nitrogen and oxygen atoms in total. The minimum Gasteiger partial charge on any atom is -0.477 e. The Hall–Kier alpha value is -2.36. The molecule has 0 unspecified atom stereocenters. The Bertz CT molecular complexity index is 615. The van der Waals surface area contributed by atoms with Gasteiger partial charge in [-0.05, 0) is 6.92 Å². The minimum absolute atomic E-state index is 0.237. The number of nitrogens with one attached hydrogen (secondary N) is 1. The fraction of sp³-hybridized carbons (Fsp3) is 0.462. The van der Waals surface area contributed by atoms with E-state index in [0.717, 1.165) is 4.90 Å². The van der Waals surface area contributed by atoms with Crippen LogP contribution in [0, 0.1) is 0 Å². The van der Waals surface area contributed by atoms with E-state index in [-0.39, 0.29) is 35.8 Å². The van der Waals surface area contributed by atoms with E-state index in [9.17, 15) is 29.1 Å². The number of ether oxygens (including phenoxy) is 1. The molecular formula is C13H14N2O7S. The summed E-state index contributed by atoms with van der Waals surface area (Å²) in [7, 11) is 0. The molecule has 2 amide bonds. The third kappa shape index (κ3) is 3.36. The van der Waals surface area contributed by atoms with Gasteiger partial charge in [-0.25, -0.2) is 4.79 Å². The van der Waals surface area contributed by atoms with Crippen LogP contribution in [0.5, 0.6) is 0 Å². The topological polar surface area (TPSA) is 130 Å². The van der Waals surface area contributed by atoms with E-state index in [2.05, 4.69) is 5.32 Å². The molecule has 0 spiro atoms. The van der Waals surface area contributed by atoms with Crippen LogP contribution in [0.1, 0.15) is 13.3 Å². The van der Waals surface area contributed by atoms with Crippen molar-refractivity contribution in [3.05, 3.63) is 11.3 Å². The molecule has 0 radical (unpaired) electrons. The number of carbonyl (C=O) groups excluding carboxylic acids is 4. The van der Waals surface area contributed by atoms with Gasteiger partial charge < -0.3 is 15.2 Å². The van der Waals surface area contributed by atoms with Crippen LogP contribution in [0.4, 0.5) is 0 Å². The summed E-state index contributed by atoms with van der Waals surface area (Å²) in [5.41, 5.74) is 0.0341. The van der Waals surface area contributed by atoms with Gasteiger partial charge in [0.15, 0.2) is 0 Å². The van der Waals surface area contributed by atoms with Gasteiger partial charge in [0.1, 0.15) is 35.9 Å². The SMILES string of the molecule is CC(=O)CC(=O)OCC1=C(C(=O)O)N2C(=O)[C@@H](NC=O)[C@H]2SC1. The average molecular weight is 342 g/mol. The number of amides is 2. The van der Waals surface area contributed by atoms with E-state index >= 15 is 0 Å². The summed E-state index contributed by atoms with van der Waals surface area (Å²) in [6.07, 6.45) is 0.00308. The third-order valence-electron chi connectivity index (χ3n) is 3.30. The second-order valence-corrected chi connectivity index (χ2v) is 6.07. The van der Waals surface area contributed by atoms with Gasteiger partial charge in [0.2, 0.25) is 6.41 Å². The number of esters is 1. The zero-order valence-electron chi connectivity index (χ0n) is 12.1. The lowest BCUT2D eigenvalue weighted by Gasteiger charge is -2.48. The monoisotopic (exact) mass is 342 g/mol. The number of Topliss-reactive ketones (excluding diaryl/α,β-unsaturated/α-hetero) is 1. The lowest BCUT2D eigenvalue weighted by Crippen LogP contribution is -2.69. The Morgan fingerprint density at radius 2 is 2.17 bits per heavy atom. The van der Waals surface area contributed by atoms with Crippen molar-refractivity contribution in [3.63, 3.8) is 0 Å². The number of thioether (sulfide) groups is 1. The first-order chi connectivity index (χ1) is 10.9. The van der Waals surface area contributed by atoms with Crippen LogP contribution in [-0.4, -0.2) is 63.8 Å². The largest absolute Gasteiger partial charge is 0.477 e. The van der Waals surface area contributed by atoms with Gasteiger partial charge in [0, 0.05) is 11.3 Å². The number of β-lactam (4-membered cyclic amide) rings is 1. The molecular weight excluding hydrogens is 328 g/mol. The molecule has 0 aromatic rings. The van der Waals surface area contributed by atoms with Crippen LogP contribution in [0.15, 0.2) is 11.3 Å². The predicted molar refractivity (Wildman–Crippen MR) is 77.0 cm³/mol. The zero-order chi connectivity index (χ0) is 17.1. The molecule has 23 heavy (non-hydrogen) atoms. The van der Waals surface area contributed by atoms with Gasteiger partial charge in [-0.2, -0.15) is 0 Å². The summed E-state index contributed by atoms with van der Waals surface area (Å²) < 4.78 is 4.89. The second-order valence-electron chi connectivity index (χ2n) is 4.97. The number of hydrogen-bond donors (Lipinski definition) is 2. The molecule has 0 aromatic carbocycles. The van der Waals surface area contributed by atoms with Crippen molar-refractivity contribution in [2.75, 3.05) is 12.4 Å². The predicted octanol–water partition coefficient (Wildman–Crippen LogP) is -1.12. The van der Waals surface area contributed by atoms with Gasteiger partial charge in [-0.15, -0.1) is 11.8 Å². The Kier molecular flexibility index (Phi) is 5.04. The molecule has 0 aromatic heterocycles. The maximum atomic E-state index is 12.0. The van der Waals surface area contributed by atoms with E-state index < -0.39 is 29.3 Å². The molecule has 2 heterocycles. The van der Waals surface area contributed by atoms with E-state index in [4.69, 9.17) is 4.74 Å². The first-order valence-corrected chi connectivity index (χ1v) is 7.66. The fourth-order valence-corrected chi connectivity index (χ4v) is 3.65. The summed E-state index contributed by atoms with van der Waals surface area (Å²) in [4.78, 5) is 57.2. The highest BCUT2D eigenvalue weighted by Crippen LogP contribution is 2.40. The standard InChI is InChI=1S/C13H14N2O7S/c1-6(17)2-8(18)22-3-7-4-23-12-9(14-5-16)11(19)15(12)10(7)13(20)21/h5,9,12H,2-4H2,1H3,(H,14,16)(H,20,21)/t9-,12-/m1/s1. The molecule has 2 aliphatic rings. The number of carboxylic acids is 1. The third-order valence-corrected chi connectivity index (χ3v) is 4.64. The smallest absolute Gasteiger partial charge is 0.352 e. The van der Waals surface area contributed by atoms with Gasteiger partial charge in [-0.1, -0.05) is 0 Å². The Morgan fingerprint density at radius 3 is 2.74 bits per heavy atom. The Balaban J connectivity index is 2.13. The van der Waals surface area contributed by atoms with Crippen LogP contribution in [-0.2, 0) is 28.7 Å². The molecule has 0 saturated carbocycles. The maximum Gasteiger partial charge on any atom is 0.352 e. The molecule has 0 aliphatic carbocycles. The van der Waals surface area contributed by atoms with Crippen LogP contribution >= 0.6 is 11.8 Å². The molecule has 10 heteroatoms. The van der Waals surface area contributed by atoms with Gasteiger partial charge >= 0.3 is 11.9 Å². The highest BCUT2D eigenvalue weighted by molar-refractivity contribution is 8.00. The first kappa shape index (κ1) is 17.0. The number of carbonyl (C=O) groups is 5. The summed E-state index contributed by atoms with van der Waals surface area (Å²) in [5.74, 6) is -2.72. The van der Waals surface area contributed by atoms with Crippen LogP contribution in [0.3, 0.4) is 0 Å². The summed E-state index contributed by atoms with van der Waals surface area (Å²) in [5, 5.41) is 11.2. The lowest BCUT2D eigenvalue weighted by molar-refractivity contribution is -0.150. The van der Waals surface area contributed by atoms with E-state index in [0.29, 0.717) is 6.41 Å². The second kappa shape index (κ2) is 6.82. The molecule has 2 N–H and O–H groups in total. The number of aliphatic carboxylic acids is 1. The fourth-order valence-electron chi connectivity index (χ4n) is 2.31. The number of fused-ring (bicyclic) bond motifs is 1. The number of rotatable bonds is 7. The van der Waals surface area contributed by atoms with Crippen molar-refractivity contribution >= 4 is 41.8 Å². The van der Waals surface area contributed by atoms with E-state index in [1.165, 1.54) is 18.7 Å². The summed E-state index contributed by atoms with van der Waals surface area (Å²) >= 11 is 1.26. The highest BCUT2D eigenvalue weighted by Gasteiger charge is 2.53. The van der Waals surface area contributed by atoms with Crippen molar-refractivity contribution in [1.29, 1.82) is 0 Å². The van der Waals surface area contributed by atoms with Crippen molar-refractivity contribution in [1.82, 2.24) is 10.2 Å². The lowest BCUT2D eigenvalue weighted by atomic mass is 10.0. The molecule has 1 saturated heterocycles. The normalized spacial score (nSPS) is 22.8. The molecule has 0 bridgehead atoms. The molecule has 2 rings (SSSR count). The van der Waals surface area contributed by atoms with Gasteiger partial charge in [0.25, 0.3) is 5.91 Å². The zero-order valence-corrected chi connectivity index (χ0v) is 12.9. The molecule has 124 valence electrons. The quantitative estimate of drug-likeness (QED) is 0.257. The van der Waals surface area contributed by atoms with Crippen LogP contribution in [0.2, 0.25) is 0 Å². The molecule has 1 fully saturated rings. The summed E-state index contributed by atoms with van der Waals surface area (Å²) in [6.45, 7) is 0.937. The van der Waals surface area contributed by atoms with Gasteiger partial charge in [-0.3, -0.25) is 24.1 Å². The van der Waals surface area contributed by atoms with Crippen molar-refractivity contribution in [3.8, 4) is 0 Å². The number of hydrogen-bond acceptors (Lipinski definition) is 7. The molecule has 2 atom stereocenters. The van der Waals surface area contributed by atoms with Gasteiger partial charge in [0.05, 0.1) is 0 Å². The van der Waals surface area contributed by atoms with Crippen LogP contribution in [0.25, 0.3) is 0 Å². The van der Waals surface area contributed by atoms with Crippen molar-refractivity contribution < 1.29 is 33.8 Å². The number of carboxylic acid groups (broad SMARTS) is 1. The maximum absolute atomic E-state index is 12.0. The van der Waals surface area contributed by atoms with Crippen molar-refractivity contribution in [2.24, 2.45) is 0 Å². The first-order valence-electron chi connectivity index (χ1n) is 6.61. The van der Waals surface area contributed by atoms with E-state index in [1.807, 2.05) is 0 Å². The van der Waals surface area contributed by atoms with Crippen molar-refractivity contribution in [2.45, 2.75) is 24.8 Å². The number of ketones is 1. The Labute approximate surface area is 135 Å². The number of nitrogens with zero attached hydrogens (tertiary/aromatic N) is 1. The summed E-state index contributed by atoms with van der Waals surface area (Å²) in [6, 6.07) is -0.756. The highest BCUT2D eigenvalue weighted by atomic mass is 32.2. The minimum atomic E-state index is -1.31.